The van der Waals surface area contributed by atoms with Crippen LogP contribution in [0.15, 0.2) is 43.0 Å². The smallest absolute Gasteiger partial charge is 0.224 e. The number of amides is 1. The van der Waals surface area contributed by atoms with Crippen LogP contribution in [0.2, 0.25) is 5.02 Å². The van der Waals surface area contributed by atoms with Gasteiger partial charge in [-0.05, 0) is 17.7 Å². The number of rotatable bonds is 4. The number of aryl methyl sites for hydroxylation is 1. The maximum absolute atomic E-state index is 12.6. The van der Waals surface area contributed by atoms with Gasteiger partial charge in [-0.2, -0.15) is 0 Å². The molecule has 1 amide bonds. The fourth-order valence-electron chi connectivity index (χ4n) is 2.80. The molecule has 0 aliphatic carbocycles. The number of nitrogens with one attached hydrogen (secondary N) is 1. The van der Waals surface area contributed by atoms with E-state index < -0.39 is 0 Å². The minimum absolute atomic E-state index is 0. The number of carbonyl (C=O) groups excluding carboxylic acids is 1. The first kappa shape index (κ1) is 20.8. The van der Waals surface area contributed by atoms with Crippen molar-refractivity contribution < 1.29 is 4.79 Å². The van der Waals surface area contributed by atoms with E-state index >= 15 is 0 Å². The molecule has 24 heavy (non-hydrogen) atoms. The normalized spacial score (nSPS) is 16.9. The summed E-state index contributed by atoms with van der Waals surface area (Å²) in [6.07, 6.45) is 5.82. The van der Waals surface area contributed by atoms with Crippen LogP contribution in [0.3, 0.4) is 0 Å². The van der Waals surface area contributed by atoms with E-state index in [1.807, 2.05) is 39.9 Å². The standard InChI is InChI=1S/C16H19ClN4O.2ClH/c17-14-3-1-2-13(10-14)15-11-18-6-9-21(15)16(22)4-7-20-8-5-19-12-20;;/h1-3,5,8,10,12,15,18H,4,6-7,9,11H2;2*1H. The van der Waals surface area contributed by atoms with E-state index in [4.69, 9.17) is 11.6 Å². The average Bonchev–Trinajstić information content (AvgIpc) is 3.06. The van der Waals surface area contributed by atoms with Gasteiger partial charge in [-0.3, -0.25) is 4.79 Å². The van der Waals surface area contributed by atoms with Crippen LogP contribution >= 0.6 is 36.4 Å². The van der Waals surface area contributed by atoms with Crippen molar-refractivity contribution in [2.75, 3.05) is 19.6 Å². The number of imidazole rings is 1. The topological polar surface area (TPSA) is 50.2 Å². The summed E-state index contributed by atoms with van der Waals surface area (Å²) in [5.74, 6) is 0.167. The molecule has 1 atom stereocenters. The van der Waals surface area contributed by atoms with Gasteiger partial charge in [0, 0.05) is 50.0 Å². The molecule has 1 aliphatic rings. The van der Waals surface area contributed by atoms with Crippen molar-refractivity contribution in [2.24, 2.45) is 0 Å². The van der Waals surface area contributed by atoms with Crippen molar-refractivity contribution in [1.82, 2.24) is 19.8 Å². The number of benzene rings is 1. The van der Waals surface area contributed by atoms with Gasteiger partial charge in [0.1, 0.15) is 0 Å². The van der Waals surface area contributed by atoms with Crippen LogP contribution in [0.1, 0.15) is 18.0 Å². The van der Waals surface area contributed by atoms with Crippen molar-refractivity contribution in [3.63, 3.8) is 0 Å². The number of aromatic nitrogens is 2. The zero-order valence-corrected chi connectivity index (χ0v) is 15.5. The molecule has 0 bridgehead atoms. The molecular formula is C16H21Cl3N4O. The Morgan fingerprint density at radius 3 is 2.92 bits per heavy atom. The number of piperazine rings is 1. The van der Waals surface area contributed by atoms with Gasteiger partial charge in [-0.15, -0.1) is 24.8 Å². The van der Waals surface area contributed by atoms with Crippen LogP contribution in [0.25, 0.3) is 0 Å². The molecule has 2 heterocycles. The van der Waals surface area contributed by atoms with E-state index in [0.717, 1.165) is 25.2 Å². The molecule has 1 unspecified atom stereocenters. The molecule has 0 radical (unpaired) electrons. The Kier molecular flexibility index (Phi) is 8.56. The Morgan fingerprint density at radius 2 is 2.21 bits per heavy atom. The zero-order chi connectivity index (χ0) is 15.4. The Hall–Kier alpha value is -1.27. The lowest BCUT2D eigenvalue weighted by Crippen LogP contribution is -2.48. The van der Waals surface area contributed by atoms with Gasteiger partial charge in [0.15, 0.2) is 0 Å². The third kappa shape index (κ3) is 5.11. The van der Waals surface area contributed by atoms with Gasteiger partial charge in [0.2, 0.25) is 5.91 Å². The number of nitrogens with zero attached hydrogens (tertiary/aromatic N) is 3. The minimum Gasteiger partial charge on any atom is -0.337 e. The van der Waals surface area contributed by atoms with Crippen LogP contribution in [-0.2, 0) is 11.3 Å². The summed E-state index contributed by atoms with van der Waals surface area (Å²) in [5.41, 5.74) is 1.08. The molecule has 2 aromatic rings. The molecule has 0 spiro atoms. The summed E-state index contributed by atoms with van der Waals surface area (Å²) in [5, 5.41) is 4.06. The molecule has 1 aromatic carbocycles. The summed E-state index contributed by atoms with van der Waals surface area (Å²) >= 11 is 6.09. The largest absolute Gasteiger partial charge is 0.337 e. The Morgan fingerprint density at radius 1 is 1.38 bits per heavy atom. The molecule has 1 aromatic heterocycles. The van der Waals surface area contributed by atoms with Gasteiger partial charge in [-0.1, -0.05) is 23.7 Å². The van der Waals surface area contributed by atoms with E-state index in [2.05, 4.69) is 10.3 Å². The highest BCUT2D eigenvalue weighted by Crippen LogP contribution is 2.25. The van der Waals surface area contributed by atoms with Gasteiger partial charge >= 0.3 is 0 Å². The van der Waals surface area contributed by atoms with E-state index in [0.29, 0.717) is 18.0 Å². The lowest BCUT2D eigenvalue weighted by molar-refractivity contribution is -0.134. The SMILES string of the molecule is Cl.Cl.O=C(CCn1ccnc1)N1CCNCC1c1cccc(Cl)c1. The molecule has 1 N–H and O–H groups in total. The quantitative estimate of drug-likeness (QED) is 0.872. The third-order valence-corrected chi connectivity index (χ3v) is 4.18. The maximum Gasteiger partial charge on any atom is 0.224 e. The molecule has 1 saturated heterocycles. The van der Waals surface area contributed by atoms with Gasteiger partial charge < -0.3 is 14.8 Å². The summed E-state index contributed by atoms with van der Waals surface area (Å²) in [6.45, 7) is 2.97. The summed E-state index contributed by atoms with van der Waals surface area (Å²) < 4.78 is 1.93. The second kappa shape index (κ2) is 9.89. The van der Waals surface area contributed by atoms with Crippen molar-refractivity contribution in [3.8, 4) is 0 Å². The predicted octanol–water partition coefficient (Wildman–Crippen LogP) is 2.94. The van der Waals surface area contributed by atoms with E-state index in [1.54, 1.807) is 12.5 Å². The third-order valence-electron chi connectivity index (χ3n) is 3.94. The van der Waals surface area contributed by atoms with Crippen LogP contribution in [-0.4, -0.2) is 40.0 Å². The molecule has 0 saturated carbocycles. The predicted molar refractivity (Wildman–Crippen MR) is 100 cm³/mol. The molecule has 8 heteroatoms. The van der Waals surface area contributed by atoms with Crippen molar-refractivity contribution in [1.29, 1.82) is 0 Å². The molecular weight excluding hydrogens is 371 g/mol. The van der Waals surface area contributed by atoms with Gasteiger partial charge in [0.05, 0.1) is 12.4 Å². The van der Waals surface area contributed by atoms with Crippen molar-refractivity contribution >= 4 is 42.3 Å². The van der Waals surface area contributed by atoms with Crippen molar-refractivity contribution in [2.45, 2.75) is 19.0 Å². The van der Waals surface area contributed by atoms with Gasteiger partial charge in [0.25, 0.3) is 0 Å². The minimum atomic E-state index is 0. The summed E-state index contributed by atoms with van der Waals surface area (Å²) in [4.78, 5) is 18.5. The number of hydrogen-bond acceptors (Lipinski definition) is 3. The maximum atomic E-state index is 12.6. The second-order valence-corrected chi connectivity index (χ2v) is 5.85. The number of carbonyl (C=O) groups is 1. The van der Waals surface area contributed by atoms with Crippen LogP contribution in [0.5, 0.6) is 0 Å². The van der Waals surface area contributed by atoms with Crippen LogP contribution in [0.4, 0.5) is 0 Å². The molecule has 3 rings (SSSR count). The Bertz CT molecular complexity index is 636. The first-order chi connectivity index (χ1) is 10.7. The Labute approximate surface area is 159 Å². The Balaban J connectivity index is 0.00000144. The van der Waals surface area contributed by atoms with Crippen molar-refractivity contribution in [3.05, 3.63) is 53.6 Å². The van der Waals surface area contributed by atoms with E-state index in [9.17, 15) is 4.79 Å². The van der Waals surface area contributed by atoms with E-state index in [1.165, 1.54) is 0 Å². The summed E-state index contributed by atoms with van der Waals surface area (Å²) in [6, 6.07) is 7.80. The number of halogens is 3. The lowest BCUT2D eigenvalue weighted by Gasteiger charge is -2.36. The molecule has 1 fully saturated rings. The molecule has 5 nitrogen and oxygen atoms in total. The first-order valence-electron chi connectivity index (χ1n) is 7.45. The average molecular weight is 392 g/mol. The highest BCUT2D eigenvalue weighted by atomic mass is 35.5. The molecule has 1 aliphatic heterocycles. The molecule has 132 valence electrons. The summed E-state index contributed by atoms with van der Waals surface area (Å²) in [7, 11) is 0. The lowest BCUT2D eigenvalue weighted by atomic mass is 10.0. The zero-order valence-electron chi connectivity index (χ0n) is 13.1. The fraction of sp³-hybridized carbons (Fsp3) is 0.375. The second-order valence-electron chi connectivity index (χ2n) is 5.41. The highest BCUT2D eigenvalue weighted by Gasteiger charge is 2.27. The fourth-order valence-corrected chi connectivity index (χ4v) is 3.00. The highest BCUT2D eigenvalue weighted by molar-refractivity contribution is 6.30. The van der Waals surface area contributed by atoms with E-state index in [-0.39, 0.29) is 36.8 Å². The van der Waals surface area contributed by atoms with Crippen LogP contribution in [0, 0.1) is 0 Å². The number of hydrogen-bond donors (Lipinski definition) is 1. The van der Waals surface area contributed by atoms with Gasteiger partial charge in [-0.25, -0.2) is 4.98 Å². The van der Waals surface area contributed by atoms with Crippen LogP contribution < -0.4 is 5.32 Å². The monoisotopic (exact) mass is 390 g/mol. The first-order valence-corrected chi connectivity index (χ1v) is 7.83.